The molecule has 0 heterocycles. The molecule has 0 amide bonds. The van der Waals surface area contributed by atoms with Gasteiger partial charge in [-0.05, 0) is 38.5 Å². The van der Waals surface area contributed by atoms with Crippen LogP contribution in [-0.2, 0) is 61.8 Å². The Labute approximate surface area is 366 Å². The van der Waals surface area contributed by atoms with Gasteiger partial charge in [0.25, 0.3) is 10.1 Å². The summed E-state index contributed by atoms with van der Waals surface area (Å²) in [6, 6.07) is 0. The lowest BCUT2D eigenvalue weighted by Gasteiger charge is -2.18. The highest BCUT2D eigenvalue weighted by Gasteiger charge is 2.11. The van der Waals surface area contributed by atoms with Crippen molar-refractivity contribution in [3.63, 3.8) is 0 Å². The Morgan fingerprint density at radius 2 is 0.717 bits per heavy atom. The molecule has 0 aliphatic rings. The smallest absolute Gasteiger partial charge is 0.305 e. The van der Waals surface area contributed by atoms with Gasteiger partial charge in [-0.2, -0.15) is 8.42 Å². The Balaban J connectivity index is 4.12. The van der Waals surface area contributed by atoms with Gasteiger partial charge in [0.05, 0.1) is 85.5 Å². The van der Waals surface area contributed by atoms with Crippen molar-refractivity contribution in [2.24, 2.45) is 0 Å². The molecular formula is C46H90O13S. The summed E-state index contributed by atoms with van der Waals surface area (Å²) >= 11 is 0. The van der Waals surface area contributed by atoms with Gasteiger partial charge in [-0.25, -0.2) is 0 Å². The Bertz CT molecular complexity index is 1010. The van der Waals surface area contributed by atoms with Crippen molar-refractivity contribution in [2.45, 2.75) is 187 Å². The Hall–Kier alpha value is -1.39. The predicted molar refractivity (Wildman–Crippen MR) is 238 cm³/mol. The highest BCUT2D eigenvalue weighted by Crippen LogP contribution is 2.11. The highest BCUT2D eigenvalue weighted by molar-refractivity contribution is 7.85. The lowest BCUT2D eigenvalue weighted by Crippen LogP contribution is -2.27. The molecule has 358 valence electrons. The van der Waals surface area contributed by atoms with Crippen LogP contribution in [0.15, 0.2) is 0 Å². The van der Waals surface area contributed by atoms with Crippen molar-refractivity contribution in [3.05, 3.63) is 0 Å². The van der Waals surface area contributed by atoms with Gasteiger partial charge in [0.1, 0.15) is 6.10 Å². The molecule has 0 N–H and O–H groups in total. The zero-order valence-electron chi connectivity index (χ0n) is 38.6. The van der Waals surface area contributed by atoms with Crippen LogP contribution in [-0.4, -0.2) is 125 Å². The van der Waals surface area contributed by atoms with Crippen LogP contribution in [0.1, 0.15) is 181 Å². The van der Waals surface area contributed by atoms with Crippen LogP contribution in [0.5, 0.6) is 0 Å². The summed E-state index contributed by atoms with van der Waals surface area (Å²) in [5, 5.41) is 0. The van der Waals surface area contributed by atoms with Crippen molar-refractivity contribution in [3.8, 4) is 0 Å². The van der Waals surface area contributed by atoms with Gasteiger partial charge in [0.2, 0.25) is 0 Å². The average Bonchev–Trinajstić information content (AvgIpc) is 3.22. The van der Waals surface area contributed by atoms with E-state index in [1.54, 1.807) is 0 Å². The fourth-order valence-corrected chi connectivity index (χ4v) is 6.64. The van der Waals surface area contributed by atoms with E-state index >= 15 is 0 Å². The first-order valence-electron chi connectivity index (χ1n) is 23.9. The molecule has 14 heteroatoms. The first-order valence-corrected chi connectivity index (χ1v) is 25.8. The summed E-state index contributed by atoms with van der Waals surface area (Å²) in [4.78, 5) is 24.1. The fourth-order valence-electron chi connectivity index (χ4n) is 6.27. The lowest BCUT2D eigenvalue weighted by atomic mass is 10.1. The Morgan fingerprint density at radius 1 is 0.383 bits per heavy atom. The van der Waals surface area contributed by atoms with E-state index in [9.17, 15) is 18.0 Å². The van der Waals surface area contributed by atoms with Crippen molar-refractivity contribution in [2.75, 3.05) is 98.8 Å². The van der Waals surface area contributed by atoms with E-state index < -0.39 is 10.1 Å². The molecule has 0 spiro atoms. The first-order chi connectivity index (χ1) is 29.3. The Kier molecular flexibility index (Phi) is 46.0. The summed E-state index contributed by atoms with van der Waals surface area (Å²) < 4.78 is 71.6. The summed E-state index contributed by atoms with van der Waals surface area (Å²) in [6.45, 7) is 10.3. The highest BCUT2D eigenvalue weighted by atomic mass is 32.2. The van der Waals surface area contributed by atoms with Crippen LogP contribution in [0.3, 0.4) is 0 Å². The van der Waals surface area contributed by atoms with Gasteiger partial charge < -0.3 is 37.9 Å². The van der Waals surface area contributed by atoms with E-state index in [-0.39, 0.29) is 31.3 Å². The number of ether oxygens (including phenoxy) is 8. The maximum Gasteiger partial charge on any atom is 0.305 e. The van der Waals surface area contributed by atoms with Crippen LogP contribution < -0.4 is 0 Å². The number of esters is 2. The molecule has 0 aromatic carbocycles. The maximum atomic E-state index is 12.0. The SMILES string of the molecule is CCCCCCCCCOC(=O)CCCCCCCOCC(COCCOCCOCCOCCOS(C)(=O)=O)OCCCCCCCC(=O)OCCCCCCCCC. The second kappa shape index (κ2) is 47.1. The third-order valence-electron chi connectivity index (χ3n) is 9.82. The third-order valence-corrected chi connectivity index (χ3v) is 10.4. The molecule has 1 unspecified atom stereocenters. The van der Waals surface area contributed by atoms with Crippen LogP contribution in [0.25, 0.3) is 0 Å². The normalized spacial score (nSPS) is 12.2. The zero-order valence-corrected chi connectivity index (χ0v) is 39.4. The third kappa shape index (κ3) is 49.3. The molecule has 0 aromatic rings. The largest absolute Gasteiger partial charge is 0.466 e. The van der Waals surface area contributed by atoms with Crippen molar-refractivity contribution < 1.29 is 60.1 Å². The van der Waals surface area contributed by atoms with Crippen LogP contribution in [0.2, 0.25) is 0 Å². The van der Waals surface area contributed by atoms with Crippen LogP contribution in [0, 0.1) is 0 Å². The molecule has 0 fully saturated rings. The zero-order chi connectivity index (χ0) is 43.9. The molecule has 0 aromatic heterocycles. The number of carbonyl (C=O) groups is 2. The fraction of sp³-hybridized carbons (Fsp3) is 0.957. The molecule has 0 saturated heterocycles. The van der Waals surface area contributed by atoms with Gasteiger partial charge in [-0.1, -0.05) is 129 Å². The number of hydrogen-bond acceptors (Lipinski definition) is 13. The molecule has 1 atom stereocenters. The monoisotopic (exact) mass is 883 g/mol. The number of rotatable bonds is 50. The molecule has 0 rings (SSSR count). The van der Waals surface area contributed by atoms with E-state index in [0.717, 1.165) is 96.1 Å². The van der Waals surface area contributed by atoms with Gasteiger partial charge >= 0.3 is 11.9 Å². The molecule has 0 bridgehead atoms. The topological polar surface area (TPSA) is 151 Å². The molecule has 13 nitrogen and oxygen atoms in total. The van der Waals surface area contributed by atoms with Crippen LogP contribution in [0.4, 0.5) is 0 Å². The summed E-state index contributed by atoms with van der Waals surface area (Å²) in [5.41, 5.74) is 0. The lowest BCUT2D eigenvalue weighted by molar-refractivity contribution is -0.144. The van der Waals surface area contributed by atoms with E-state index in [2.05, 4.69) is 18.0 Å². The van der Waals surface area contributed by atoms with Crippen molar-refractivity contribution in [1.29, 1.82) is 0 Å². The Morgan fingerprint density at radius 3 is 1.15 bits per heavy atom. The van der Waals surface area contributed by atoms with E-state index in [1.165, 1.54) is 64.2 Å². The van der Waals surface area contributed by atoms with E-state index in [4.69, 9.17) is 37.9 Å². The second-order valence-corrected chi connectivity index (χ2v) is 17.4. The van der Waals surface area contributed by atoms with Gasteiger partial charge in [-0.3, -0.25) is 13.8 Å². The van der Waals surface area contributed by atoms with Crippen molar-refractivity contribution in [1.82, 2.24) is 0 Å². The van der Waals surface area contributed by atoms with E-state index in [0.29, 0.717) is 92.1 Å². The minimum atomic E-state index is -3.45. The standard InChI is InChI=1S/C46H90O13S/c1-4-6-8-10-12-19-26-32-57-45(47)28-22-16-14-18-24-30-54-42-44(43-55-39-38-52-35-34-51-36-37-53-40-41-59-60(3,49)50)56-31-25-21-15-17-23-29-46(48)58-33-27-20-13-11-9-7-5-2/h44H,4-43H2,1-3H3. The quantitative estimate of drug-likeness (QED) is 0.0324. The summed E-state index contributed by atoms with van der Waals surface area (Å²) in [7, 11) is -3.45. The molecule has 0 saturated carbocycles. The number of unbranched alkanes of at least 4 members (excludes halogenated alkanes) is 20. The number of hydrogen-bond donors (Lipinski definition) is 0. The minimum absolute atomic E-state index is 0.0127. The maximum absolute atomic E-state index is 12.0. The van der Waals surface area contributed by atoms with E-state index in [1.807, 2.05) is 0 Å². The molecular weight excluding hydrogens is 793 g/mol. The summed E-state index contributed by atoms with van der Waals surface area (Å²) in [6.07, 6.45) is 28.7. The molecule has 0 radical (unpaired) electrons. The van der Waals surface area contributed by atoms with Gasteiger partial charge in [0.15, 0.2) is 0 Å². The molecule has 0 aliphatic heterocycles. The average molecular weight is 883 g/mol. The predicted octanol–water partition coefficient (Wildman–Crippen LogP) is 9.70. The van der Waals surface area contributed by atoms with Gasteiger partial charge in [-0.15, -0.1) is 0 Å². The number of carbonyl (C=O) groups excluding carboxylic acids is 2. The minimum Gasteiger partial charge on any atom is -0.466 e. The second-order valence-electron chi connectivity index (χ2n) is 15.7. The van der Waals surface area contributed by atoms with Crippen LogP contribution >= 0.6 is 0 Å². The first kappa shape index (κ1) is 58.6. The molecule has 0 aliphatic carbocycles. The summed E-state index contributed by atoms with van der Waals surface area (Å²) in [5.74, 6) is -0.142. The van der Waals surface area contributed by atoms with Gasteiger partial charge in [0, 0.05) is 26.1 Å². The molecule has 60 heavy (non-hydrogen) atoms. The van der Waals surface area contributed by atoms with Crippen molar-refractivity contribution >= 4 is 22.1 Å².